The Bertz CT molecular complexity index is 600. The third-order valence-corrected chi connectivity index (χ3v) is 3.09. The second kappa shape index (κ2) is 7.51. The molecule has 2 N–H and O–H groups in total. The molecule has 0 bridgehead atoms. The molecule has 2 unspecified atom stereocenters. The highest BCUT2D eigenvalue weighted by molar-refractivity contribution is 5.72. The van der Waals surface area contributed by atoms with Crippen LogP contribution in [-0.4, -0.2) is 49.1 Å². The van der Waals surface area contributed by atoms with E-state index in [0.717, 1.165) is 10.4 Å². The third-order valence-electron chi connectivity index (χ3n) is 3.09. The van der Waals surface area contributed by atoms with Gasteiger partial charge < -0.3 is 14.9 Å². The minimum atomic E-state index is -1.19. The number of hydrogen-bond donors (Lipinski definition) is 2. The Morgan fingerprint density at radius 1 is 1.36 bits per heavy atom. The quantitative estimate of drug-likeness (QED) is 0.690. The lowest BCUT2D eigenvalue weighted by Gasteiger charge is -2.16. The average Bonchev–Trinajstić information content (AvgIpc) is 2.92. The summed E-state index contributed by atoms with van der Waals surface area (Å²) in [7, 11) is 0. The Kier molecular flexibility index (Phi) is 5.42. The minimum absolute atomic E-state index is 0.407. The predicted octanol–water partition coefficient (Wildman–Crippen LogP) is 0.691. The number of hydrogen-bond acceptors (Lipinski definition) is 6. The van der Waals surface area contributed by atoms with Crippen molar-refractivity contribution in [2.45, 2.75) is 31.9 Å². The summed E-state index contributed by atoms with van der Waals surface area (Å²) < 4.78 is 6.70. The number of aryl methyl sites for hydroxylation is 1. The van der Waals surface area contributed by atoms with Crippen molar-refractivity contribution in [1.82, 2.24) is 20.2 Å². The van der Waals surface area contributed by atoms with Crippen molar-refractivity contribution in [3.8, 4) is 5.75 Å². The topological polar surface area (TPSA) is 110 Å². The number of benzene rings is 1. The van der Waals surface area contributed by atoms with E-state index in [4.69, 9.17) is 9.84 Å². The van der Waals surface area contributed by atoms with Gasteiger partial charge in [0, 0.05) is 6.42 Å². The third kappa shape index (κ3) is 4.01. The Hall–Kier alpha value is -2.48. The van der Waals surface area contributed by atoms with Crippen molar-refractivity contribution >= 4 is 5.97 Å². The largest absolute Gasteiger partial charge is 0.494 e. The number of tetrazole rings is 1. The van der Waals surface area contributed by atoms with Crippen LogP contribution in [0.25, 0.3) is 0 Å². The van der Waals surface area contributed by atoms with Crippen molar-refractivity contribution in [2.24, 2.45) is 0 Å². The zero-order valence-corrected chi connectivity index (χ0v) is 12.2. The number of aliphatic hydroxyl groups excluding tert-OH is 1. The number of carbonyl (C=O) groups is 1. The molecule has 22 heavy (non-hydrogen) atoms. The van der Waals surface area contributed by atoms with Crippen LogP contribution in [0.2, 0.25) is 0 Å². The Labute approximate surface area is 127 Å². The molecule has 0 radical (unpaired) electrons. The van der Waals surface area contributed by atoms with Crippen molar-refractivity contribution < 1.29 is 19.7 Å². The summed E-state index contributed by atoms with van der Waals surface area (Å²) >= 11 is 0. The van der Waals surface area contributed by atoms with E-state index in [9.17, 15) is 9.90 Å². The van der Waals surface area contributed by atoms with Crippen molar-refractivity contribution in [1.29, 1.82) is 0 Å². The number of para-hydroxylation sites is 1. The van der Waals surface area contributed by atoms with E-state index in [-0.39, 0.29) is 0 Å². The first-order chi connectivity index (χ1) is 10.6. The van der Waals surface area contributed by atoms with E-state index < -0.39 is 18.1 Å². The maximum Gasteiger partial charge on any atom is 0.331 e. The number of aromatic nitrogens is 4. The molecule has 1 aromatic carbocycles. The molecule has 1 aromatic heterocycles. The molecule has 2 rings (SSSR count). The molecule has 0 spiro atoms. The lowest BCUT2D eigenvalue weighted by atomic mass is 10.2. The Morgan fingerprint density at radius 2 is 2.09 bits per heavy atom. The standard InChI is InChI=1S/C14H18N4O4/c1-10(19)13(14(20)21)18-12(15-16-17-18)8-5-9-22-11-6-3-2-4-7-11/h2-4,6-7,10,13,19H,5,8-9H2,1H3,(H,20,21). The monoisotopic (exact) mass is 306 g/mol. The molecular weight excluding hydrogens is 288 g/mol. The fourth-order valence-electron chi connectivity index (χ4n) is 2.05. The number of aliphatic hydroxyl groups is 1. The van der Waals surface area contributed by atoms with Gasteiger partial charge in [0.2, 0.25) is 0 Å². The molecule has 0 aliphatic heterocycles. The van der Waals surface area contributed by atoms with E-state index in [2.05, 4.69) is 15.5 Å². The number of rotatable bonds is 8. The lowest BCUT2D eigenvalue weighted by Crippen LogP contribution is -2.31. The Morgan fingerprint density at radius 3 is 2.73 bits per heavy atom. The van der Waals surface area contributed by atoms with Crippen LogP contribution in [0.3, 0.4) is 0 Å². The molecule has 2 aromatic rings. The van der Waals surface area contributed by atoms with Crippen LogP contribution in [-0.2, 0) is 11.2 Å². The van der Waals surface area contributed by atoms with E-state index in [0.29, 0.717) is 25.3 Å². The molecule has 0 saturated heterocycles. The molecule has 8 nitrogen and oxygen atoms in total. The maximum atomic E-state index is 11.2. The van der Waals surface area contributed by atoms with Crippen LogP contribution in [0.1, 0.15) is 25.2 Å². The van der Waals surface area contributed by atoms with Gasteiger partial charge in [0.25, 0.3) is 0 Å². The molecule has 1 heterocycles. The normalized spacial score (nSPS) is 13.5. The van der Waals surface area contributed by atoms with E-state index in [1.54, 1.807) is 0 Å². The summed E-state index contributed by atoms with van der Waals surface area (Å²) in [5.41, 5.74) is 0. The van der Waals surface area contributed by atoms with Crippen LogP contribution < -0.4 is 4.74 Å². The summed E-state index contributed by atoms with van der Waals surface area (Å²) in [5, 5.41) is 29.7. The van der Waals surface area contributed by atoms with Crippen molar-refractivity contribution in [3.05, 3.63) is 36.2 Å². The second-order valence-electron chi connectivity index (χ2n) is 4.83. The first-order valence-electron chi connectivity index (χ1n) is 6.95. The minimum Gasteiger partial charge on any atom is -0.494 e. The van der Waals surface area contributed by atoms with E-state index in [1.807, 2.05) is 30.3 Å². The number of nitrogens with zero attached hydrogens (tertiary/aromatic N) is 4. The predicted molar refractivity (Wildman–Crippen MR) is 76.4 cm³/mol. The van der Waals surface area contributed by atoms with Crippen LogP contribution in [0.5, 0.6) is 5.75 Å². The van der Waals surface area contributed by atoms with Gasteiger partial charge in [-0.15, -0.1) is 5.10 Å². The van der Waals surface area contributed by atoms with Crippen LogP contribution in [0, 0.1) is 0 Å². The fourth-order valence-corrected chi connectivity index (χ4v) is 2.05. The molecular formula is C14H18N4O4. The van der Waals surface area contributed by atoms with Gasteiger partial charge in [-0.2, -0.15) is 0 Å². The van der Waals surface area contributed by atoms with Crippen LogP contribution in [0.15, 0.2) is 30.3 Å². The smallest absolute Gasteiger partial charge is 0.331 e. The van der Waals surface area contributed by atoms with Gasteiger partial charge in [0.15, 0.2) is 11.9 Å². The van der Waals surface area contributed by atoms with E-state index >= 15 is 0 Å². The summed E-state index contributed by atoms with van der Waals surface area (Å²) in [5.74, 6) is 0.00327. The molecule has 0 aliphatic rings. The molecule has 0 saturated carbocycles. The van der Waals surface area contributed by atoms with Gasteiger partial charge in [-0.3, -0.25) is 0 Å². The fraction of sp³-hybridized carbons (Fsp3) is 0.429. The van der Waals surface area contributed by atoms with Gasteiger partial charge in [0.05, 0.1) is 12.7 Å². The zero-order chi connectivity index (χ0) is 15.9. The molecule has 0 fully saturated rings. The number of carboxylic acids is 1. The highest BCUT2D eigenvalue weighted by Crippen LogP contribution is 2.14. The van der Waals surface area contributed by atoms with Gasteiger partial charge in [-0.25, -0.2) is 9.48 Å². The van der Waals surface area contributed by atoms with Gasteiger partial charge in [0.1, 0.15) is 5.75 Å². The van der Waals surface area contributed by atoms with Gasteiger partial charge in [-0.1, -0.05) is 18.2 Å². The summed E-state index contributed by atoms with van der Waals surface area (Å²) in [4.78, 5) is 11.2. The highest BCUT2D eigenvalue weighted by Gasteiger charge is 2.28. The SMILES string of the molecule is CC(O)C(C(=O)O)n1nnnc1CCCOc1ccccc1. The highest BCUT2D eigenvalue weighted by atomic mass is 16.5. The number of aliphatic carboxylic acids is 1. The van der Waals surface area contributed by atoms with Gasteiger partial charge >= 0.3 is 5.97 Å². The first-order valence-corrected chi connectivity index (χ1v) is 6.95. The molecule has 118 valence electrons. The first kappa shape index (κ1) is 15.9. The average molecular weight is 306 g/mol. The maximum absolute atomic E-state index is 11.2. The van der Waals surface area contributed by atoms with Crippen LogP contribution in [0.4, 0.5) is 0 Å². The summed E-state index contributed by atoms with van der Waals surface area (Å²) in [6.07, 6.45) is -0.0158. The molecule has 8 heteroatoms. The summed E-state index contributed by atoms with van der Waals surface area (Å²) in [6.45, 7) is 1.85. The van der Waals surface area contributed by atoms with E-state index in [1.165, 1.54) is 6.92 Å². The number of carboxylic acid groups (broad SMARTS) is 1. The zero-order valence-electron chi connectivity index (χ0n) is 12.2. The molecule has 2 atom stereocenters. The number of ether oxygens (including phenoxy) is 1. The van der Waals surface area contributed by atoms with Crippen LogP contribution >= 0.6 is 0 Å². The molecule has 0 amide bonds. The second-order valence-corrected chi connectivity index (χ2v) is 4.83. The van der Waals surface area contributed by atoms with Crippen molar-refractivity contribution in [3.63, 3.8) is 0 Å². The lowest BCUT2D eigenvalue weighted by molar-refractivity contribution is -0.144. The van der Waals surface area contributed by atoms with Crippen molar-refractivity contribution in [2.75, 3.05) is 6.61 Å². The summed E-state index contributed by atoms with van der Waals surface area (Å²) in [6, 6.07) is 8.20. The Balaban J connectivity index is 1.91. The molecule has 0 aliphatic carbocycles. The van der Waals surface area contributed by atoms with Gasteiger partial charge in [-0.05, 0) is 35.9 Å².